The molecule has 0 aromatic heterocycles. The molecule has 0 bridgehead atoms. The molecular formula is C25H28N2OS. The maximum Gasteiger partial charge on any atom is 0.230 e. The van der Waals surface area contributed by atoms with Crippen LogP contribution in [-0.4, -0.2) is 30.7 Å². The SMILES string of the molecule is CN(C)Cc1ccccc1CNC(=O)CSC(c1ccccc1)c1ccccc1. The molecule has 3 nitrogen and oxygen atoms in total. The van der Waals surface area contributed by atoms with Gasteiger partial charge in [-0.1, -0.05) is 84.9 Å². The van der Waals surface area contributed by atoms with Crippen molar-refractivity contribution in [3.63, 3.8) is 0 Å². The number of thioether (sulfide) groups is 1. The van der Waals surface area contributed by atoms with Crippen LogP contribution in [0.5, 0.6) is 0 Å². The van der Waals surface area contributed by atoms with Crippen molar-refractivity contribution in [1.29, 1.82) is 0 Å². The monoisotopic (exact) mass is 404 g/mol. The molecule has 0 heterocycles. The van der Waals surface area contributed by atoms with E-state index in [9.17, 15) is 4.79 Å². The average Bonchev–Trinajstić information content (AvgIpc) is 2.74. The van der Waals surface area contributed by atoms with Gasteiger partial charge < -0.3 is 10.2 Å². The van der Waals surface area contributed by atoms with Gasteiger partial charge in [0.15, 0.2) is 0 Å². The van der Waals surface area contributed by atoms with Gasteiger partial charge in [-0.25, -0.2) is 0 Å². The summed E-state index contributed by atoms with van der Waals surface area (Å²) in [6, 6.07) is 29.0. The summed E-state index contributed by atoms with van der Waals surface area (Å²) in [4.78, 5) is 14.7. The molecule has 0 aliphatic rings. The van der Waals surface area contributed by atoms with E-state index in [1.165, 1.54) is 22.3 Å². The third-order valence-electron chi connectivity index (χ3n) is 4.67. The molecule has 0 saturated carbocycles. The Kier molecular flexibility index (Phi) is 7.91. The summed E-state index contributed by atoms with van der Waals surface area (Å²) in [5.41, 5.74) is 4.85. The van der Waals surface area contributed by atoms with Crippen molar-refractivity contribution in [1.82, 2.24) is 10.2 Å². The van der Waals surface area contributed by atoms with Crippen molar-refractivity contribution in [3.8, 4) is 0 Å². The number of rotatable bonds is 9. The van der Waals surface area contributed by atoms with Crippen LogP contribution in [0.3, 0.4) is 0 Å². The van der Waals surface area contributed by atoms with Gasteiger partial charge in [-0.3, -0.25) is 4.79 Å². The molecule has 0 aliphatic heterocycles. The number of hydrogen-bond acceptors (Lipinski definition) is 3. The van der Waals surface area contributed by atoms with Gasteiger partial charge in [-0.15, -0.1) is 11.8 Å². The van der Waals surface area contributed by atoms with Crippen molar-refractivity contribution in [2.24, 2.45) is 0 Å². The Morgan fingerprint density at radius 3 is 1.90 bits per heavy atom. The number of hydrogen-bond donors (Lipinski definition) is 1. The molecule has 3 rings (SSSR count). The van der Waals surface area contributed by atoms with Gasteiger partial charge in [0.2, 0.25) is 5.91 Å². The zero-order chi connectivity index (χ0) is 20.5. The minimum atomic E-state index is 0.0616. The number of nitrogens with zero attached hydrogens (tertiary/aromatic N) is 1. The van der Waals surface area contributed by atoms with Crippen molar-refractivity contribution in [3.05, 3.63) is 107 Å². The number of carbonyl (C=O) groups excluding carboxylic acids is 1. The Hall–Kier alpha value is -2.56. The first-order valence-electron chi connectivity index (χ1n) is 9.83. The van der Waals surface area contributed by atoms with Gasteiger partial charge in [0.1, 0.15) is 0 Å². The van der Waals surface area contributed by atoms with Crippen LogP contribution in [0.4, 0.5) is 0 Å². The maximum atomic E-state index is 12.6. The fraction of sp³-hybridized carbons (Fsp3) is 0.240. The quantitative estimate of drug-likeness (QED) is 0.551. The first-order valence-corrected chi connectivity index (χ1v) is 10.9. The van der Waals surface area contributed by atoms with Gasteiger partial charge in [0.05, 0.1) is 11.0 Å². The number of carbonyl (C=O) groups is 1. The van der Waals surface area contributed by atoms with E-state index in [-0.39, 0.29) is 11.2 Å². The maximum absolute atomic E-state index is 12.6. The smallest absolute Gasteiger partial charge is 0.230 e. The minimum absolute atomic E-state index is 0.0616. The highest BCUT2D eigenvalue weighted by Crippen LogP contribution is 2.35. The van der Waals surface area contributed by atoms with Crippen molar-refractivity contribution >= 4 is 17.7 Å². The van der Waals surface area contributed by atoms with Crippen LogP contribution in [0.2, 0.25) is 0 Å². The molecule has 0 atom stereocenters. The molecule has 0 spiro atoms. The second-order valence-electron chi connectivity index (χ2n) is 7.30. The van der Waals surface area contributed by atoms with Gasteiger partial charge in [-0.05, 0) is 36.3 Å². The molecule has 0 saturated heterocycles. The lowest BCUT2D eigenvalue weighted by Gasteiger charge is -2.18. The van der Waals surface area contributed by atoms with Crippen LogP contribution >= 0.6 is 11.8 Å². The molecule has 3 aromatic carbocycles. The van der Waals surface area contributed by atoms with Crippen LogP contribution < -0.4 is 5.32 Å². The molecular weight excluding hydrogens is 376 g/mol. The summed E-state index contributed by atoms with van der Waals surface area (Å²) in [6.07, 6.45) is 0. The average molecular weight is 405 g/mol. The highest BCUT2D eigenvalue weighted by atomic mass is 32.2. The fourth-order valence-corrected chi connectivity index (χ4v) is 4.39. The highest BCUT2D eigenvalue weighted by Gasteiger charge is 2.16. The minimum Gasteiger partial charge on any atom is -0.351 e. The predicted molar refractivity (Wildman–Crippen MR) is 123 cm³/mol. The van der Waals surface area contributed by atoms with Gasteiger partial charge in [0, 0.05) is 13.1 Å². The molecule has 3 aromatic rings. The van der Waals surface area contributed by atoms with Crippen LogP contribution in [0, 0.1) is 0 Å². The van der Waals surface area contributed by atoms with Crippen molar-refractivity contribution < 1.29 is 4.79 Å². The Balaban J connectivity index is 1.61. The van der Waals surface area contributed by atoms with E-state index in [4.69, 9.17) is 0 Å². The first-order chi connectivity index (χ1) is 14.1. The van der Waals surface area contributed by atoms with Gasteiger partial charge in [0.25, 0.3) is 0 Å². The normalized spacial score (nSPS) is 11.0. The lowest BCUT2D eigenvalue weighted by molar-refractivity contribution is -0.118. The Labute approximate surface area is 178 Å². The van der Waals surface area contributed by atoms with Crippen LogP contribution in [0.15, 0.2) is 84.9 Å². The van der Waals surface area contributed by atoms with Crippen LogP contribution in [0.25, 0.3) is 0 Å². The summed E-state index contributed by atoms with van der Waals surface area (Å²) in [6.45, 7) is 1.43. The molecule has 150 valence electrons. The molecule has 1 amide bonds. The van der Waals surface area contributed by atoms with E-state index in [0.29, 0.717) is 12.3 Å². The van der Waals surface area contributed by atoms with Gasteiger partial charge in [-0.2, -0.15) is 0 Å². The largest absolute Gasteiger partial charge is 0.351 e. The molecule has 0 aliphatic carbocycles. The number of amides is 1. The molecule has 0 radical (unpaired) electrons. The van der Waals surface area contributed by atoms with E-state index in [1.54, 1.807) is 11.8 Å². The van der Waals surface area contributed by atoms with E-state index in [2.05, 4.69) is 60.7 Å². The van der Waals surface area contributed by atoms with Crippen LogP contribution in [0.1, 0.15) is 27.5 Å². The predicted octanol–water partition coefficient (Wildman–Crippen LogP) is 4.89. The summed E-state index contributed by atoms with van der Waals surface area (Å²) in [7, 11) is 4.11. The van der Waals surface area contributed by atoms with E-state index >= 15 is 0 Å². The lowest BCUT2D eigenvalue weighted by Crippen LogP contribution is -2.26. The lowest BCUT2D eigenvalue weighted by atomic mass is 10.0. The second kappa shape index (κ2) is 10.8. The Morgan fingerprint density at radius 1 is 0.828 bits per heavy atom. The summed E-state index contributed by atoms with van der Waals surface area (Å²) < 4.78 is 0. The van der Waals surface area contributed by atoms with E-state index in [0.717, 1.165) is 6.54 Å². The Morgan fingerprint density at radius 2 is 1.34 bits per heavy atom. The van der Waals surface area contributed by atoms with E-state index < -0.39 is 0 Å². The third-order valence-corrected chi connectivity index (χ3v) is 5.97. The zero-order valence-electron chi connectivity index (χ0n) is 17.0. The van der Waals surface area contributed by atoms with Crippen LogP contribution in [-0.2, 0) is 17.9 Å². The van der Waals surface area contributed by atoms with Gasteiger partial charge >= 0.3 is 0 Å². The highest BCUT2D eigenvalue weighted by molar-refractivity contribution is 8.00. The summed E-state index contributed by atoms with van der Waals surface area (Å²) in [5.74, 6) is 0.483. The number of benzene rings is 3. The molecule has 0 unspecified atom stereocenters. The first kappa shape index (κ1) is 21.2. The van der Waals surface area contributed by atoms with Crippen molar-refractivity contribution in [2.75, 3.05) is 19.8 Å². The molecule has 0 fully saturated rings. The van der Waals surface area contributed by atoms with Crippen molar-refractivity contribution in [2.45, 2.75) is 18.3 Å². The Bertz CT molecular complexity index is 857. The third kappa shape index (κ3) is 6.48. The van der Waals surface area contributed by atoms with E-state index in [1.807, 2.05) is 48.5 Å². The fourth-order valence-electron chi connectivity index (χ4n) is 3.27. The molecule has 1 N–H and O–H groups in total. The zero-order valence-corrected chi connectivity index (χ0v) is 17.9. The summed E-state index contributed by atoms with van der Waals surface area (Å²) >= 11 is 1.67. The second-order valence-corrected chi connectivity index (χ2v) is 8.39. The molecule has 4 heteroatoms. The standard InChI is InChI=1S/C25H28N2OS/c1-27(2)18-23-16-10-9-15-22(23)17-26-24(28)19-29-25(20-11-5-3-6-12-20)21-13-7-4-8-14-21/h3-16,25H,17-19H2,1-2H3,(H,26,28). The molecule has 29 heavy (non-hydrogen) atoms. The summed E-state index contributed by atoms with van der Waals surface area (Å²) in [5, 5.41) is 3.24. The topological polar surface area (TPSA) is 32.3 Å². The number of nitrogens with one attached hydrogen (secondary N) is 1.